The highest BCUT2D eigenvalue weighted by molar-refractivity contribution is 5.79. The topological polar surface area (TPSA) is 97.3 Å². The zero-order valence-electron chi connectivity index (χ0n) is 14.3. The Labute approximate surface area is 150 Å². The van der Waals surface area contributed by atoms with Gasteiger partial charge < -0.3 is 14.5 Å². The number of hydrogen-bond acceptors (Lipinski definition) is 6. The first-order valence-electron chi connectivity index (χ1n) is 8.47. The van der Waals surface area contributed by atoms with Crippen LogP contribution in [0.25, 0.3) is 5.69 Å². The summed E-state index contributed by atoms with van der Waals surface area (Å²) in [5, 5.41) is 18.1. The van der Waals surface area contributed by atoms with Crippen LogP contribution in [-0.4, -0.2) is 48.5 Å². The molecule has 1 saturated heterocycles. The van der Waals surface area contributed by atoms with E-state index >= 15 is 0 Å². The van der Waals surface area contributed by atoms with Crippen LogP contribution >= 0.6 is 0 Å². The fourth-order valence-corrected chi connectivity index (χ4v) is 3.22. The summed E-state index contributed by atoms with van der Waals surface area (Å²) in [7, 11) is 0. The van der Waals surface area contributed by atoms with E-state index in [1.165, 1.54) is 0 Å². The van der Waals surface area contributed by atoms with Crippen molar-refractivity contribution in [3.63, 3.8) is 0 Å². The molecule has 2 atom stereocenters. The SMILES string of the molecule is Cc1noc([C@H]2C[C@@H](O)CN2C(=O)Cc2cnn(-c3ccccc3)c2)n1. The van der Waals surface area contributed by atoms with Crippen molar-refractivity contribution in [1.82, 2.24) is 24.8 Å². The number of nitrogens with zero attached hydrogens (tertiary/aromatic N) is 5. The van der Waals surface area contributed by atoms with Gasteiger partial charge in [0.1, 0.15) is 6.04 Å². The van der Waals surface area contributed by atoms with Crippen LogP contribution in [0.15, 0.2) is 47.2 Å². The van der Waals surface area contributed by atoms with E-state index in [9.17, 15) is 9.90 Å². The summed E-state index contributed by atoms with van der Waals surface area (Å²) < 4.78 is 6.94. The van der Waals surface area contributed by atoms with Gasteiger partial charge in [-0.05, 0) is 24.6 Å². The maximum Gasteiger partial charge on any atom is 0.249 e. The number of hydrogen-bond donors (Lipinski definition) is 1. The molecular weight excluding hydrogens is 334 g/mol. The molecule has 0 unspecified atom stereocenters. The Morgan fingerprint density at radius 1 is 1.35 bits per heavy atom. The van der Waals surface area contributed by atoms with Gasteiger partial charge in [-0.2, -0.15) is 10.1 Å². The molecule has 0 radical (unpaired) electrons. The third kappa shape index (κ3) is 3.23. The van der Waals surface area contributed by atoms with Crippen LogP contribution in [0.1, 0.15) is 29.7 Å². The van der Waals surface area contributed by atoms with E-state index in [0.29, 0.717) is 18.1 Å². The predicted molar refractivity (Wildman–Crippen MR) is 91.4 cm³/mol. The van der Waals surface area contributed by atoms with Crippen LogP contribution in [0.3, 0.4) is 0 Å². The zero-order chi connectivity index (χ0) is 18.1. The molecule has 134 valence electrons. The van der Waals surface area contributed by atoms with Crippen molar-refractivity contribution in [1.29, 1.82) is 0 Å². The third-order valence-corrected chi connectivity index (χ3v) is 4.44. The molecule has 3 aromatic rings. The van der Waals surface area contributed by atoms with Crippen molar-refractivity contribution in [2.45, 2.75) is 31.9 Å². The van der Waals surface area contributed by atoms with Gasteiger partial charge >= 0.3 is 0 Å². The van der Waals surface area contributed by atoms with Crippen molar-refractivity contribution in [2.75, 3.05) is 6.54 Å². The van der Waals surface area contributed by atoms with Crippen LogP contribution < -0.4 is 0 Å². The molecular formula is C18H19N5O3. The summed E-state index contributed by atoms with van der Waals surface area (Å²) >= 11 is 0. The van der Waals surface area contributed by atoms with Gasteiger partial charge in [-0.3, -0.25) is 4.79 Å². The zero-order valence-corrected chi connectivity index (χ0v) is 14.3. The molecule has 1 fully saturated rings. The van der Waals surface area contributed by atoms with E-state index in [-0.39, 0.29) is 24.9 Å². The van der Waals surface area contributed by atoms with Crippen molar-refractivity contribution in [3.05, 3.63) is 60.0 Å². The number of β-amino-alcohol motifs (C(OH)–C–C–N with tert-alkyl or cyclic N) is 1. The van der Waals surface area contributed by atoms with E-state index in [1.54, 1.807) is 22.7 Å². The van der Waals surface area contributed by atoms with E-state index in [4.69, 9.17) is 4.52 Å². The highest BCUT2D eigenvalue weighted by atomic mass is 16.5. The molecule has 1 aliphatic rings. The molecule has 26 heavy (non-hydrogen) atoms. The minimum absolute atomic E-state index is 0.102. The molecule has 0 aliphatic carbocycles. The Hall–Kier alpha value is -3.00. The largest absolute Gasteiger partial charge is 0.391 e. The highest BCUT2D eigenvalue weighted by Gasteiger charge is 2.38. The standard InChI is InChI=1S/C18H19N5O3/c1-12-20-18(26-21-12)16-8-15(24)11-22(16)17(25)7-13-9-19-23(10-13)14-5-3-2-4-6-14/h2-6,9-10,15-16,24H,7-8,11H2,1H3/t15-,16-/m1/s1. The van der Waals surface area contributed by atoms with Gasteiger partial charge in [0.15, 0.2) is 5.82 Å². The summed E-state index contributed by atoms with van der Waals surface area (Å²) in [6.45, 7) is 1.99. The minimum Gasteiger partial charge on any atom is -0.391 e. The molecule has 1 N–H and O–H groups in total. The highest BCUT2D eigenvalue weighted by Crippen LogP contribution is 2.31. The molecule has 0 spiro atoms. The van der Waals surface area contributed by atoms with Gasteiger partial charge in [-0.25, -0.2) is 4.68 Å². The lowest BCUT2D eigenvalue weighted by molar-refractivity contribution is -0.132. The van der Waals surface area contributed by atoms with Gasteiger partial charge in [0.25, 0.3) is 0 Å². The first kappa shape index (κ1) is 16.5. The summed E-state index contributed by atoms with van der Waals surface area (Å²) in [5.41, 5.74) is 1.74. The summed E-state index contributed by atoms with van der Waals surface area (Å²) in [4.78, 5) is 18.6. The van der Waals surface area contributed by atoms with E-state index in [1.807, 2.05) is 36.5 Å². The molecule has 0 saturated carbocycles. The third-order valence-electron chi connectivity index (χ3n) is 4.44. The number of aryl methyl sites for hydroxylation is 1. The molecule has 4 rings (SSSR count). The monoisotopic (exact) mass is 353 g/mol. The number of aromatic nitrogens is 4. The maximum absolute atomic E-state index is 12.8. The second kappa shape index (κ2) is 6.72. The predicted octanol–water partition coefficient (Wildman–Crippen LogP) is 1.44. The Morgan fingerprint density at radius 3 is 2.88 bits per heavy atom. The first-order valence-corrected chi connectivity index (χ1v) is 8.47. The minimum atomic E-state index is -0.594. The molecule has 1 aromatic carbocycles. The Bertz CT molecular complexity index is 904. The van der Waals surface area contributed by atoms with Crippen molar-refractivity contribution >= 4 is 5.91 Å². The number of amides is 1. The number of rotatable bonds is 4. The lowest BCUT2D eigenvalue weighted by atomic mass is 10.2. The number of benzene rings is 1. The van der Waals surface area contributed by atoms with Crippen molar-refractivity contribution in [2.24, 2.45) is 0 Å². The van der Waals surface area contributed by atoms with Crippen LogP contribution in [0, 0.1) is 6.92 Å². The quantitative estimate of drug-likeness (QED) is 0.762. The van der Waals surface area contributed by atoms with Gasteiger partial charge in [0.2, 0.25) is 11.8 Å². The molecule has 0 bridgehead atoms. The second-order valence-electron chi connectivity index (χ2n) is 6.44. The Balaban J connectivity index is 1.50. The van der Waals surface area contributed by atoms with Crippen molar-refractivity contribution < 1.29 is 14.4 Å². The van der Waals surface area contributed by atoms with Crippen LogP contribution in [0.2, 0.25) is 0 Å². The lowest BCUT2D eigenvalue weighted by Crippen LogP contribution is -2.33. The maximum atomic E-state index is 12.8. The number of aliphatic hydroxyl groups is 1. The Kier molecular flexibility index (Phi) is 4.26. The molecule has 8 nitrogen and oxygen atoms in total. The summed E-state index contributed by atoms with van der Waals surface area (Å²) in [6.07, 6.45) is 3.53. The fraction of sp³-hybridized carbons (Fsp3) is 0.333. The molecule has 1 aliphatic heterocycles. The lowest BCUT2D eigenvalue weighted by Gasteiger charge is -2.21. The number of likely N-dealkylation sites (tertiary alicyclic amines) is 1. The molecule has 2 aromatic heterocycles. The Morgan fingerprint density at radius 2 is 2.15 bits per heavy atom. The van der Waals surface area contributed by atoms with Gasteiger partial charge in [-0.15, -0.1) is 0 Å². The van der Waals surface area contributed by atoms with E-state index in [2.05, 4.69) is 15.2 Å². The molecule has 3 heterocycles. The molecule has 8 heteroatoms. The summed E-state index contributed by atoms with van der Waals surface area (Å²) in [6, 6.07) is 9.32. The average Bonchev–Trinajstić information content (AvgIpc) is 3.35. The summed E-state index contributed by atoms with van der Waals surface area (Å²) in [5.74, 6) is 0.778. The number of carbonyl (C=O) groups is 1. The second-order valence-corrected chi connectivity index (χ2v) is 6.44. The van der Waals surface area contributed by atoms with Crippen LogP contribution in [0.4, 0.5) is 0 Å². The van der Waals surface area contributed by atoms with E-state index < -0.39 is 6.10 Å². The van der Waals surface area contributed by atoms with Crippen LogP contribution in [-0.2, 0) is 11.2 Å². The number of aliphatic hydroxyl groups excluding tert-OH is 1. The van der Waals surface area contributed by atoms with Crippen molar-refractivity contribution in [3.8, 4) is 5.69 Å². The fourth-order valence-electron chi connectivity index (χ4n) is 3.22. The van der Waals surface area contributed by atoms with Gasteiger partial charge in [0.05, 0.1) is 24.4 Å². The molecule has 1 amide bonds. The van der Waals surface area contributed by atoms with Crippen LogP contribution in [0.5, 0.6) is 0 Å². The normalized spacial score (nSPS) is 19.8. The number of carbonyl (C=O) groups excluding carboxylic acids is 1. The average molecular weight is 353 g/mol. The smallest absolute Gasteiger partial charge is 0.249 e. The van der Waals surface area contributed by atoms with E-state index in [0.717, 1.165) is 11.3 Å². The van der Waals surface area contributed by atoms with Gasteiger partial charge in [-0.1, -0.05) is 23.4 Å². The van der Waals surface area contributed by atoms with Gasteiger partial charge in [0, 0.05) is 19.2 Å². The number of para-hydroxylation sites is 1. The first-order chi connectivity index (χ1) is 12.6.